The van der Waals surface area contributed by atoms with Crippen molar-refractivity contribution in [2.45, 2.75) is 13.3 Å². The van der Waals surface area contributed by atoms with E-state index in [4.69, 9.17) is 4.74 Å². The van der Waals surface area contributed by atoms with Crippen LogP contribution >= 0.6 is 0 Å². The second-order valence-electron chi connectivity index (χ2n) is 6.30. The van der Waals surface area contributed by atoms with Crippen molar-refractivity contribution >= 4 is 17.5 Å². The molecule has 0 radical (unpaired) electrons. The van der Waals surface area contributed by atoms with Crippen molar-refractivity contribution in [1.29, 1.82) is 0 Å². The number of anilines is 1. The van der Waals surface area contributed by atoms with Crippen molar-refractivity contribution in [1.82, 2.24) is 15.1 Å². The van der Waals surface area contributed by atoms with Gasteiger partial charge in [-0.3, -0.25) is 9.59 Å². The summed E-state index contributed by atoms with van der Waals surface area (Å²) in [5, 5.41) is 9.54. The Hall–Kier alpha value is -3.61. The molecule has 0 aliphatic heterocycles. The highest BCUT2D eigenvalue weighted by molar-refractivity contribution is 5.94. The first-order valence-electron chi connectivity index (χ1n) is 8.85. The quantitative estimate of drug-likeness (QED) is 0.661. The summed E-state index contributed by atoms with van der Waals surface area (Å²) in [5.74, 6) is 0.221. The Kier molecular flexibility index (Phi) is 6.06. The lowest BCUT2D eigenvalue weighted by Crippen LogP contribution is -2.33. The van der Waals surface area contributed by atoms with Gasteiger partial charge in [0.15, 0.2) is 0 Å². The van der Waals surface area contributed by atoms with E-state index in [0.29, 0.717) is 5.69 Å². The van der Waals surface area contributed by atoms with Gasteiger partial charge in [0, 0.05) is 18.1 Å². The highest BCUT2D eigenvalue weighted by atomic mass is 16.5. The van der Waals surface area contributed by atoms with Crippen LogP contribution in [0.25, 0.3) is 5.69 Å². The topological polar surface area (TPSA) is 85.2 Å². The summed E-state index contributed by atoms with van der Waals surface area (Å²) in [7, 11) is 1.60. The molecule has 0 fully saturated rings. The van der Waals surface area contributed by atoms with Gasteiger partial charge in [0.1, 0.15) is 5.75 Å². The maximum atomic E-state index is 12.1. The van der Waals surface area contributed by atoms with E-state index < -0.39 is 0 Å². The number of hydrogen-bond acceptors (Lipinski definition) is 4. The van der Waals surface area contributed by atoms with Crippen molar-refractivity contribution in [3.05, 3.63) is 72.1 Å². The number of hydrogen-bond donors (Lipinski definition) is 2. The molecule has 0 atom stereocenters. The van der Waals surface area contributed by atoms with Crippen LogP contribution in [0.2, 0.25) is 0 Å². The third kappa shape index (κ3) is 4.97. The number of ether oxygens (including phenoxy) is 1. The van der Waals surface area contributed by atoms with Crippen LogP contribution in [0.4, 0.5) is 5.69 Å². The van der Waals surface area contributed by atoms with Crippen molar-refractivity contribution in [3.8, 4) is 11.4 Å². The molecule has 144 valence electrons. The second kappa shape index (κ2) is 8.85. The molecule has 7 nitrogen and oxygen atoms in total. The number of aryl methyl sites for hydroxylation is 1. The maximum Gasteiger partial charge on any atom is 0.243 e. The largest absolute Gasteiger partial charge is 0.496 e. The third-order valence-electron chi connectivity index (χ3n) is 4.20. The molecule has 3 aromatic rings. The molecular weight excluding hydrogens is 356 g/mol. The average Bonchev–Trinajstić information content (AvgIpc) is 3.23. The van der Waals surface area contributed by atoms with Gasteiger partial charge in [-0.15, -0.1) is 0 Å². The van der Waals surface area contributed by atoms with Crippen LogP contribution in [0.5, 0.6) is 5.75 Å². The number of nitrogens with zero attached hydrogens (tertiary/aromatic N) is 2. The van der Waals surface area contributed by atoms with Gasteiger partial charge in [0.25, 0.3) is 0 Å². The van der Waals surface area contributed by atoms with Crippen LogP contribution in [0.15, 0.2) is 60.9 Å². The number of rotatable bonds is 7. The van der Waals surface area contributed by atoms with Crippen LogP contribution in [-0.4, -0.2) is 35.2 Å². The molecule has 1 heterocycles. The molecule has 28 heavy (non-hydrogen) atoms. The normalized spacial score (nSPS) is 10.4. The molecule has 0 aliphatic carbocycles. The zero-order valence-corrected chi connectivity index (χ0v) is 15.8. The van der Waals surface area contributed by atoms with Gasteiger partial charge in [-0.1, -0.05) is 12.1 Å². The molecule has 7 heteroatoms. The molecule has 0 saturated heterocycles. The van der Waals surface area contributed by atoms with E-state index in [-0.39, 0.29) is 24.8 Å². The van der Waals surface area contributed by atoms with E-state index in [1.165, 1.54) is 0 Å². The van der Waals surface area contributed by atoms with Gasteiger partial charge in [-0.25, -0.2) is 4.68 Å². The van der Waals surface area contributed by atoms with E-state index in [0.717, 1.165) is 22.6 Å². The zero-order valence-electron chi connectivity index (χ0n) is 15.8. The number of carbonyl (C=O) groups is 2. The fourth-order valence-electron chi connectivity index (χ4n) is 2.73. The van der Waals surface area contributed by atoms with Gasteiger partial charge in [0.2, 0.25) is 11.8 Å². The first-order valence-corrected chi connectivity index (χ1v) is 8.85. The van der Waals surface area contributed by atoms with Crippen LogP contribution in [0, 0.1) is 6.92 Å². The number of carbonyl (C=O) groups excluding carboxylic acids is 2. The lowest BCUT2D eigenvalue weighted by atomic mass is 10.1. The predicted octanol–water partition coefficient (Wildman–Crippen LogP) is 2.49. The highest BCUT2D eigenvalue weighted by Gasteiger charge is 2.09. The number of methoxy groups -OCH3 is 1. The van der Waals surface area contributed by atoms with Crippen LogP contribution in [0.1, 0.15) is 11.1 Å². The van der Waals surface area contributed by atoms with E-state index >= 15 is 0 Å². The third-order valence-corrected chi connectivity index (χ3v) is 4.20. The fraction of sp³-hybridized carbons (Fsp3) is 0.190. The monoisotopic (exact) mass is 378 g/mol. The number of amides is 2. The lowest BCUT2D eigenvalue weighted by Gasteiger charge is -2.09. The number of aromatic nitrogens is 2. The van der Waals surface area contributed by atoms with Crippen molar-refractivity contribution < 1.29 is 14.3 Å². The molecule has 2 N–H and O–H groups in total. The molecule has 0 aliphatic rings. The number of nitrogens with one attached hydrogen (secondary N) is 2. The van der Waals surface area contributed by atoms with Gasteiger partial charge in [-0.05, 0) is 54.4 Å². The first kappa shape index (κ1) is 19.2. The molecule has 0 spiro atoms. The summed E-state index contributed by atoms with van der Waals surface area (Å²) in [6.07, 6.45) is 3.72. The van der Waals surface area contributed by atoms with Crippen LogP contribution in [-0.2, 0) is 16.0 Å². The summed E-state index contributed by atoms with van der Waals surface area (Å²) in [4.78, 5) is 24.2. The van der Waals surface area contributed by atoms with E-state index in [2.05, 4.69) is 15.7 Å². The minimum Gasteiger partial charge on any atom is -0.496 e. The molecule has 0 unspecified atom stereocenters. The zero-order chi connectivity index (χ0) is 19.9. The molecule has 0 bridgehead atoms. The van der Waals surface area contributed by atoms with Crippen LogP contribution < -0.4 is 15.4 Å². The minimum atomic E-state index is -0.290. The van der Waals surface area contributed by atoms with E-state index in [1.54, 1.807) is 30.1 Å². The summed E-state index contributed by atoms with van der Waals surface area (Å²) >= 11 is 0. The van der Waals surface area contributed by atoms with E-state index in [9.17, 15) is 9.59 Å². The smallest absolute Gasteiger partial charge is 0.243 e. The summed E-state index contributed by atoms with van der Waals surface area (Å²) in [6, 6.07) is 14.7. The Labute approximate surface area is 163 Å². The van der Waals surface area contributed by atoms with Crippen molar-refractivity contribution in [3.63, 3.8) is 0 Å². The molecule has 2 amide bonds. The Morgan fingerprint density at radius 1 is 1.11 bits per heavy atom. The lowest BCUT2D eigenvalue weighted by molar-refractivity contribution is -0.123. The molecule has 3 rings (SSSR count). The van der Waals surface area contributed by atoms with E-state index in [1.807, 2.05) is 49.5 Å². The predicted molar refractivity (Wildman–Crippen MR) is 107 cm³/mol. The highest BCUT2D eigenvalue weighted by Crippen LogP contribution is 2.19. The number of benzene rings is 2. The fourth-order valence-corrected chi connectivity index (χ4v) is 2.73. The summed E-state index contributed by atoms with van der Waals surface area (Å²) in [5.41, 5.74) is 3.38. The molecular formula is C21H22N4O3. The standard InChI is InChI=1S/C21H22N4O3/c1-15-4-5-16(12-19(15)28-2)13-20(26)22-14-21(27)24-17-6-8-18(9-7-17)25-11-3-10-23-25/h3-12H,13-14H2,1-2H3,(H,22,26)(H,24,27). The minimum absolute atomic E-state index is 0.0945. The molecule has 2 aromatic carbocycles. The summed E-state index contributed by atoms with van der Waals surface area (Å²) < 4.78 is 6.99. The Bertz CT molecular complexity index is 950. The van der Waals surface area contributed by atoms with Gasteiger partial charge < -0.3 is 15.4 Å². The Balaban J connectivity index is 1.48. The maximum absolute atomic E-state index is 12.1. The SMILES string of the molecule is COc1cc(CC(=O)NCC(=O)Nc2ccc(-n3cccn3)cc2)ccc1C. The van der Waals surface area contributed by atoms with Gasteiger partial charge >= 0.3 is 0 Å². The van der Waals surface area contributed by atoms with Gasteiger partial charge in [0.05, 0.1) is 25.8 Å². The summed E-state index contributed by atoms with van der Waals surface area (Å²) in [6.45, 7) is 1.84. The molecule has 1 aromatic heterocycles. The molecule has 0 saturated carbocycles. The van der Waals surface area contributed by atoms with Crippen LogP contribution in [0.3, 0.4) is 0 Å². The second-order valence-corrected chi connectivity index (χ2v) is 6.30. The Morgan fingerprint density at radius 3 is 2.57 bits per heavy atom. The average molecular weight is 378 g/mol. The van der Waals surface area contributed by atoms with Crippen molar-refractivity contribution in [2.75, 3.05) is 19.0 Å². The van der Waals surface area contributed by atoms with Crippen molar-refractivity contribution in [2.24, 2.45) is 0 Å². The van der Waals surface area contributed by atoms with Gasteiger partial charge in [-0.2, -0.15) is 5.10 Å². The Morgan fingerprint density at radius 2 is 1.89 bits per heavy atom. The first-order chi connectivity index (χ1) is 13.5.